The van der Waals surface area contributed by atoms with Gasteiger partial charge in [-0.2, -0.15) is 0 Å². The van der Waals surface area contributed by atoms with E-state index in [0.29, 0.717) is 0 Å². The summed E-state index contributed by atoms with van der Waals surface area (Å²) in [4.78, 5) is 2.44. The van der Waals surface area contributed by atoms with Crippen molar-refractivity contribution in [2.45, 2.75) is 5.41 Å². The molecule has 2 nitrogen and oxygen atoms in total. The fraction of sp³-hybridized carbons (Fsp3) is 0.0137. The summed E-state index contributed by atoms with van der Waals surface area (Å²) >= 11 is 0. The van der Waals surface area contributed by atoms with Gasteiger partial charge in [0, 0.05) is 27.7 Å². The van der Waals surface area contributed by atoms with E-state index in [1.54, 1.807) is 0 Å². The fourth-order valence-electron chi connectivity index (χ4n) is 12.1. The van der Waals surface area contributed by atoms with Gasteiger partial charge in [-0.15, -0.1) is 0 Å². The molecule has 0 saturated carbocycles. The van der Waals surface area contributed by atoms with Crippen molar-refractivity contribution in [1.82, 2.24) is 0 Å². The number of para-hydroxylation sites is 2. The maximum atomic E-state index is 6.36. The van der Waals surface area contributed by atoms with Crippen LogP contribution in [0.4, 0.5) is 17.1 Å². The minimum Gasteiger partial charge on any atom is -0.456 e. The highest BCUT2D eigenvalue weighted by molar-refractivity contribution is 6.12. The second-order valence-electron chi connectivity index (χ2n) is 19.5. The number of nitrogens with zero attached hydrogens (tertiary/aromatic N) is 1. The lowest BCUT2D eigenvalue weighted by Crippen LogP contribution is -2.28. The van der Waals surface area contributed by atoms with Gasteiger partial charge in [-0.3, -0.25) is 0 Å². The monoisotopic (exact) mass is 955 g/mol. The van der Waals surface area contributed by atoms with Gasteiger partial charge in [-0.05, 0) is 132 Å². The molecular weight excluding hydrogens is 907 g/mol. The number of benzene rings is 12. The van der Waals surface area contributed by atoms with E-state index in [1.807, 2.05) is 6.07 Å². The van der Waals surface area contributed by atoms with Crippen molar-refractivity contribution < 1.29 is 4.42 Å². The minimum atomic E-state index is -0.522. The van der Waals surface area contributed by atoms with Gasteiger partial charge < -0.3 is 9.32 Å². The first-order valence-corrected chi connectivity index (χ1v) is 25.8. The standard InChI is InChI=1S/C73H49NO/c1-5-21-50(22-6-1)54-43-48-59(65(49-54)51-23-7-2-8-24-51)52-39-44-57(45-40-52)74(58-46-41-53(42-47-58)60-32-20-38-70-72(60)64-31-15-18-37-69(64)75-70)68-36-17-14-29-61(68)62-33-19-35-67-71(62)63-30-13-16-34-66(63)73(67,55-25-9-3-10-26-55)56-27-11-4-12-28-56/h1-49H. The third-order valence-electron chi connectivity index (χ3n) is 15.4. The molecule has 0 amide bonds. The van der Waals surface area contributed by atoms with Crippen molar-refractivity contribution in [3.05, 3.63) is 320 Å². The van der Waals surface area contributed by atoms with Crippen molar-refractivity contribution in [2.24, 2.45) is 0 Å². The van der Waals surface area contributed by atoms with Crippen LogP contribution in [0.5, 0.6) is 0 Å². The molecule has 75 heavy (non-hydrogen) atoms. The highest BCUT2D eigenvalue weighted by atomic mass is 16.3. The van der Waals surface area contributed by atoms with Crippen molar-refractivity contribution >= 4 is 39.0 Å². The molecule has 1 aliphatic carbocycles. The number of fused-ring (bicyclic) bond motifs is 6. The lowest BCUT2D eigenvalue weighted by atomic mass is 9.67. The Labute approximate surface area is 437 Å². The highest BCUT2D eigenvalue weighted by Gasteiger charge is 2.47. The fourth-order valence-corrected chi connectivity index (χ4v) is 12.1. The number of hydrogen-bond donors (Lipinski definition) is 0. The maximum absolute atomic E-state index is 6.36. The van der Waals surface area contributed by atoms with Gasteiger partial charge in [0.15, 0.2) is 0 Å². The van der Waals surface area contributed by atoms with Gasteiger partial charge in [0.25, 0.3) is 0 Å². The molecule has 12 aromatic carbocycles. The highest BCUT2D eigenvalue weighted by Crippen LogP contribution is 2.59. The Balaban J connectivity index is 0.953. The van der Waals surface area contributed by atoms with Gasteiger partial charge in [0.2, 0.25) is 0 Å². The molecule has 0 N–H and O–H groups in total. The van der Waals surface area contributed by atoms with Crippen molar-refractivity contribution in [3.63, 3.8) is 0 Å². The van der Waals surface area contributed by atoms with E-state index in [1.165, 1.54) is 66.8 Å². The van der Waals surface area contributed by atoms with Crippen LogP contribution in [-0.4, -0.2) is 0 Å². The summed E-state index contributed by atoms with van der Waals surface area (Å²) in [5.74, 6) is 0. The predicted molar refractivity (Wildman–Crippen MR) is 313 cm³/mol. The second kappa shape index (κ2) is 18.4. The summed E-state index contributed by atoms with van der Waals surface area (Å²) in [7, 11) is 0. The van der Waals surface area contributed by atoms with Gasteiger partial charge >= 0.3 is 0 Å². The summed E-state index contributed by atoms with van der Waals surface area (Å²) in [6.45, 7) is 0. The summed E-state index contributed by atoms with van der Waals surface area (Å²) in [5.41, 5.74) is 23.7. The molecule has 0 radical (unpaired) electrons. The SMILES string of the molecule is c1ccc(-c2ccc(-c3ccc(N(c4ccc(-c5cccc6oc7ccccc7c56)cc4)c4ccccc4-c4cccc5c4-c4ccccc4C5(c4ccccc4)c4ccccc4)cc3)c(-c3ccccc3)c2)cc1. The Kier molecular flexibility index (Phi) is 10.8. The molecule has 352 valence electrons. The average Bonchev–Trinajstić information content (AvgIpc) is 4.09. The van der Waals surface area contributed by atoms with Gasteiger partial charge in [-0.25, -0.2) is 0 Å². The number of hydrogen-bond acceptors (Lipinski definition) is 2. The van der Waals surface area contributed by atoms with Crippen molar-refractivity contribution in [1.29, 1.82) is 0 Å². The Morgan fingerprint density at radius 1 is 0.280 bits per heavy atom. The molecule has 13 aromatic rings. The van der Waals surface area contributed by atoms with E-state index in [-0.39, 0.29) is 0 Å². The van der Waals surface area contributed by atoms with Crippen LogP contribution in [0.3, 0.4) is 0 Å². The average molecular weight is 956 g/mol. The smallest absolute Gasteiger partial charge is 0.136 e. The normalized spacial score (nSPS) is 12.4. The van der Waals surface area contributed by atoms with Crippen LogP contribution < -0.4 is 4.90 Å². The molecular formula is C73H49NO. The zero-order chi connectivity index (χ0) is 49.7. The van der Waals surface area contributed by atoms with Crippen LogP contribution >= 0.6 is 0 Å². The molecule has 1 aliphatic rings. The van der Waals surface area contributed by atoms with Crippen LogP contribution in [0, 0.1) is 0 Å². The zero-order valence-electron chi connectivity index (χ0n) is 41.1. The summed E-state index contributed by atoms with van der Waals surface area (Å²) in [6.07, 6.45) is 0. The molecule has 1 aromatic heterocycles. The molecule has 0 saturated heterocycles. The number of anilines is 3. The van der Waals surface area contributed by atoms with E-state index in [4.69, 9.17) is 4.42 Å². The molecule has 0 spiro atoms. The molecule has 1 heterocycles. The maximum Gasteiger partial charge on any atom is 0.136 e. The van der Waals surface area contributed by atoms with Crippen molar-refractivity contribution in [2.75, 3.05) is 4.90 Å². The Hall–Kier alpha value is -9.76. The Morgan fingerprint density at radius 3 is 1.45 bits per heavy atom. The minimum absolute atomic E-state index is 0.522. The lowest BCUT2D eigenvalue weighted by Gasteiger charge is -2.34. The van der Waals surface area contributed by atoms with E-state index in [0.717, 1.165) is 61.3 Å². The molecule has 0 fully saturated rings. The van der Waals surface area contributed by atoms with E-state index in [2.05, 4.69) is 296 Å². The lowest BCUT2D eigenvalue weighted by molar-refractivity contribution is 0.669. The third-order valence-corrected chi connectivity index (χ3v) is 15.4. The Bertz CT molecular complexity index is 4160. The van der Waals surface area contributed by atoms with E-state index >= 15 is 0 Å². The van der Waals surface area contributed by atoms with Crippen LogP contribution in [0.2, 0.25) is 0 Å². The van der Waals surface area contributed by atoms with Crippen LogP contribution in [0.15, 0.2) is 302 Å². The van der Waals surface area contributed by atoms with Crippen molar-refractivity contribution in [3.8, 4) is 66.8 Å². The first kappa shape index (κ1) is 44.0. The van der Waals surface area contributed by atoms with E-state index < -0.39 is 5.41 Å². The summed E-state index contributed by atoms with van der Waals surface area (Å²) < 4.78 is 6.36. The zero-order valence-corrected chi connectivity index (χ0v) is 41.1. The van der Waals surface area contributed by atoms with E-state index in [9.17, 15) is 0 Å². The second-order valence-corrected chi connectivity index (χ2v) is 19.5. The first-order chi connectivity index (χ1) is 37.2. The largest absolute Gasteiger partial charge is 0.456 e. The topological polar surface area (TPSA) is 16.4 Å². The Morgan fingerprint density at radius 2 is 0.760 bits per heavy atom. The quantitative estimate of drug-likeness (QED) is 0.136. The predicted octanol–water partition coefficient (Wildman–Crippen LogP) is 19.8. The van der Waals surface area contributed by atoms with Crippen LogP contribution in [-0.2, 0) is 5.41 Å². The number of rotatable bonds is 10. The van der Waals surface area contributed by atoms with Gasteiger partial charge in [0.1, 0.15) is 11.2 Å². The molecule has 0 aliphatic heterocycles. The van der Waals surface area contributed by atoms with Crippen LogP contribution in [0.1, 0.15) is 22.3 Å². The molecule has 0 bridgehead atoms. The number of furan rings is 1. The summed E-state index contributed by atoms with van der Waals surface area (Å²) in [6, 6.07) is 108. The summed E-state index contributed by atoms with van der Waals surface area (Å²) in [5, 5.41) is 2.25. The van der Waals surface area contributed by atoms with Gasteiger partial charge in [0.05, 0.1) is 11.1 Å². The molecule has 0 unspecified atom stereocenters. The van der Waals surface area contributed by atoms with Gasteiger partial charge in [-0.1, -0.05) is 249 Å². The molecule has 2 heteroatoms. The molecule has 0 atom stereocenters. The molecule has 14 rings (SSSR count). The third kappa shape index (κ3) is 7.33. The van der Waals surface area contributed by atoms with Crippen LogP contribution in [0.25, 0.3) is 88.7 Å². The first-order valence-electron chi connectivity index (χ1n) is 25.8.